The number of hydrogen-bond donors (Lipinski definition) is 0. The minimum atomic E-state index is 0.202. The van der Waals surface area contributed by atoms with Crippen molar-refractivity contribution < 1.29 is 4.74 Å². The van der Waals surface area contributed by atoms with Gasteiger partial charge < -0.3 is 4.74 Å². The van der Waals surface area contributed by atoms with Crippen molar-refractivity contribution in [2.75, 3.05) is 19.1 Å². The first-order chi connectivity index (χ1) is 7.30. The standard InChI is InChI=1S/C13H17ClO/c1-2-11-3-5-12(6-4-11)13(7-8-14)9-15-10-13/h3-6H,2,7-10H2,1H3. The molecule has 15 heavy (non-hydrogen) atoms. The lowest BCUT2D eigenvalue weighted by atomic mass is 9.76. The lowest BCUT2D eigenvalue weighted by Gasteiger charge is -2.41. The fourth-order valence-electron chi connectivity index (χ4n) is 2.08. The first-order valence-electron chi connectivity index (χ1n) is 5.54. The molecular weight excluding hydrogens is 208 g/mol. The predicted octanol–water partition coefficient (Wildman–Crippen LogP) is 3.15. The average molecular weight is 225 g/mol. The molecule has 0 aromatic heterocycles. The summed E-state index contributed by atoms with van der Waals surface area (Å²) < 4.78 is 5.34. The van der Waals surface area contributed by atoms with Crippen molar-refractivity contribution >= 4 is 11.6 Å². The smallest absolute Gasteiger partial charge is 0.0586 e. The molecule has 0 N–H and O–H groups in total. The van der Waals surface area contributed by atoms with E-state index in [1.807, 2.05) is 0 Å². The first-order valence-corrected chi connectivity index (χ1v) is 6.07. The number of ether oxygens (including phenoxy) is 1. The van der Waals surface area contributed by atoms with Gasteiger partial charge in [-0.25, -0.2) is 0 Å². The molecule has 0 atom stereocenters. The van der Waals surface area contributed by atoms with E-state index in [9.17, 15) is 0 Å². The summed E-state index contributed by atoms with van der Waals surface area (Å²) in [6.45, 7) is 3.83. The molecule has 2 rings (SSSR count). The Morgan fingerprint density at radius 2 is 1.93 bits per heavy atom. The van der Waals surface area contributed by atoms with Gasteiger partial charge in [-0.05, 0) is 24.0 Å². The Morgan fingerprint density at radius 1 is 1.27 bits per heavy atom. The molecule has 0 amide bonds. The van der Waals surface area contributed by atoms with Crippen LogP contribution in [0.1, 0.15) is 24.5 Å². The molecule has 1 aliphatic rings. The Bertz CT molecular complexity index is 314. The van der Waals surface area contributed by atoms with Gasteiger partial charge in [-0.15, -0.1) is 11.6 Å². The molecule has 2 heteroatoms. The molecule has 0 radical (unpaired) electrons. The summed E-state index contributed by atoms with van der Waals surface area (Å²) in [6.07, 6.45) is 2.11. The normalized spacial score (nSPS) is 18.5. The third kappa shape index (κ3) is 2.04. The number of benzene rings is 1. The van der Waals surface area contributed by atoms with Gasteiger partial charge >= 0.3 is 0 Å². The van der Waals surface area contributed by atoms with Gasteiger partial charge in [0.05, 0.1) is 13.2 Å². The van der Waals surface area contributed by atoms with E-state index in [2.05, 4.69) is 31.2 Å². The van der Waals surface area contributed by atoms with E-state index in [4.69, 9.17) is 16.3 Å². The highest BCUT2D eigenvalue weighted by molar-refractivity contribution is 6.17. The van der Waals surface area contributed by atoms with Gasteiger partial charge in [0.25, 0.3) is 0 Å². The van der Waals surface area contributed by atoms with Gasteiger partial charge in [0.2, 0.25) is 0 Å². The van der Waals surface area contributed by atoms with Gasteiger partial charge in [0.1, 0.15) is 0 Å². The van der Waals surface area contributed by atoms with Gasteiger partial charge in [0, 0.05) is 11.3 Å². The Labute approximate surface area is 96.4 Å². The summed E-state index contributed by atoms with van der Waals surface area (Å²) in [4.78, 5) is 0. The average Bonchev–Trinajstić information content (AvgIpc) is 2.24. The lowest BCUT2D eigenvalue weighted by Crippen LogP contribution is -2.47. The monoisotopic (exact) mass is 224 g/mol. The zero-order valence-electron chi connectivity index (χ0n) is 9.13. The Kier molecular flexibility index (Phi) is 3.32. The van der Waals surface area contributed by atoms with Gasteiger partial charge in [-0.2, -0.15) is 0 Å². The summed E-state index contributed by atoms with van der Waals surface area (Å²) >= 11 is 5.85. The van der Waals surface area contributed by atoms with Crippen LogP contribution in [0, 0.1) is 0 Å². The highest BCUT2D eigenvalue weighted by Crippen LogP contribution is 2.36. The number of rotatable bonds is 4. The first kappa shape index (κ1) is 11.0. The van der Waals surface area contributed by atoms with Crippen LogP contribution >= 0.6 is 11.6 Å². The summed E-state index contributed by atoms with van der Waals surface area (Å²) in [6, 6.07) is 8.88. The molecule has 1 aromatic rings. The van der Waals surface area contributed by atoms with E-state index in [0.29, 0.717) is 5.88 Å². The van der Waals surface area contributed by atoms with Crippen LogP contribution in [0.4, 0.5) is 0 Å². The van der Waals surface area contributed by atoms with Crippen LogP contribution in [0.5, 0.6) is 0 Å². The number of aryl methyl sites for hydroxylation is 1. The minimum absolute atomic E-state index is 0.202. The molecule has 82 valence electrons. The maximum Gasteiger partial charge on any atom is 0.0586 e. The molecule has 1 fully saturated rings. The fraction of sp³-hybridized carbons (Fsp3) is 0.538. The second kappa shape index (κ2) is 4.54. The van der Waals surface area contributed by atoms with Crippen molar-refractivity contribution in [3.05, 3.63) is 35.4 Å². The molecule has 1 nitrogen and oxygen atoms in total. The van der Waals surface area contributed by atoms with E-state index >= 15 is 0 Å². The third-order valence-corrected chi connectivity index (χ3v) is 3.49. The maximum atomic E-state index is 5.85. The highest BCUT2D eigenvalue weighted by Gasteiger charge is 2.39. The molecule has 0 unspecified atom stereocenters. The van der Waals surface area contributed by atoms with E-state index < -0.39 is 0 Å². The fourth-order valence-corrected chi connectivity index (χ4v) is 2.44. The second-order valence-corrected chi connectivity index (χ2v) is 4.64. The lowest BCUT2D eigenvalue weighted by molar-refractivity contribution is -0.0615. The van der Waals surface area contributed by atoms with Crippen LogP contribution in [0.3, 0.4) is 0 Å². The number of halogens is 1. The maximum absolute atomic E-state index is 5.85. The topological polar surface area (TPSA) is 9.23 Å². The molecule has 0 spiro atoms. The van der Waals surface area contributed by atoms with E-state index in [1.165, 1.54) is 11.1 Å². The molecule has 0 saturated carbocycles. The van der Waals surface area contributed by atoms with E-state index in [1.54, 1.807) is 0 Å². The Morgan fingerprint density at radius 3 is 2.33 bits per heavy atom. The van der Waals surface area contributed by atoms with Crippen LogP contribution in [-0.4, -0.2) is 19.1 Å². The van der Waals surface area contributed by atoms with Crippen molar-refractivity contribution in [2.45, 2.75) is 25.2 Å². The summed E-state index contributed by atoms with van der Waals surface area (Å²) in [5.74, 6) is 0.707. The zero-order valence-corrected chi connectivity index (χ0v) is 9.89. The largest absolute Gasteiger partial charge is 0.379 e. The summed E-state index contributed by atoms with van der Waals surface area (Å²) in [7, 11) is 0. The van der Waals surface area contributed by atoms with Gasteiger partial charge in [0.15, 0.2) is 0 Å². The van der Waals surface area contributed by atoms with Crippen LogP contribution in [0.15, 0.2) is 24.3 Å². The van der Waals surface area contributed by atoms with Crippen molar-refractivity contribution in [1.82, 2.24) is 0 Å². The van der Waals surface area contributed by atoms with E-state index in [-0.39, 0.29) is 5.41 Å². The molecule has 1 heterocycles. The van der Waals surface area contributed by atoms with Crippen LogP contribution in [-0.2, 0) is 16.6 Å². The number of hydrogen-bond acceptors (Lipinski definition) is 1. The minimum Gasteiger partial charge on any atom is -0.379 e. The van der Waals surface area contributed by atoms with Gasteiger partial charge in [-0.1, -0.05) is 31.2 Å². The van der Waals surface area contributed by atoms with Crippen LogP contribution < -0.4 is 0 Å². The SMILES string of the molecule is CCc1ccc(C2(CCCl)COC2)cc1. The number of alkyl halides is 1. The van der Waals surface area contributed by atoms with E-state index in [0.717, 1.165) is 26.1 Å². The van der Waals surface area contributed by atoms with Gasteiger partial charge in [-0.3, -0.25) is 0 Å². The second-order valence-electron chi connectivity index (χ2n) is 4.26. The Balaban J connectivity index is 2.19. The van der Waals surface area contributed by atoms with Crippen LogP contribution in [0.2, 0.25) is 0 Å². The predicted molar refractivity (Wildman–Crippen MR) is 63.7 cm³/mol. The summed E-state index contributed by atoms with van der Waals surface area (Å²) in [5, 5.41) is 0. The van der Waals surface area contributed by atoms with Crippen LogP contribution in [0.25, 0.3) is 0 Å². The molecular formula is C13H17ClO. The molecule has 1 saturated heterocycles. The molecule has 1 aliphatic heterocycles. The van der Waals surface area contributed by atoms with Crippen molar-refractivity contribution in [3.8, 4) is 0 Å². The van der Waals surface area contributed by atoms with Crippen molar-refractivity contribution in [3.63, 3.8) is 0 Å². The third-order valence-electron chi connectivity index (χ3n) is 3.30. The van der Waals surface area contributed by atoms with Crippen molar-refractivity contribution in [2.24, 2.45) is 0 Å². The zero-order chi connectivity index (χ0) is 10.7. The Hall–Kier alpha value is -0.530. The molecule has 1 aromatic carbocycles. The molecule has 0 aliphatic carbocycles. The highest BCUT2D eigenvalue weighted by atomic mass is 35.5. The quantitative estimate of drug-likeness (QED) is 0.714. The summed E-state index contributed by atoms with van der Waals surface area (Å²) in [5.41, 5.74) is 2.97. The van der Waals surface area contributed by atoms with Crippen molar-refractivity contribution in [1.29, 1.82) is 0 Å². The molecule has 0 bridgehead atoms.